The summed E-state index contributed by atoms with van der Waals surface area (Å²) in [6.07, 6.45) is 1.50. The number of amides is 1. The number of fused-ring (bicyclic) bond motifs is 1. The summed E-state index contributed by atoms with van der Waals surface area (Å²) in [5.41, 5.74) is 5.07. The summed E-state index contributed by atoms with van der Waals surface area (Å²) >= 11 is 5.91. The van der Waals surface area contributed by atoms with Crippen LogP contribution in [0.25, 0.3) is 11.0 Å². The molecule has 0 bridgehead atoms. The van der Waals surface area contributed by atoms with Gasteiger partial charge in [-0.15, -0.1) is 0 Å². The molecule has 170 valence electrons. The number of rotatable bonds is 9. The van der Waals surface area contributed by atoms with E-state index in [1.165, 1.54) is 11.1 Å². The summed E-state index contributed by atoms with van der Waals surface area (Å²) in [6, 6.07) is 21.2. The molecule has 1 heterocycles. The maximum absolute atomic E-state index is 12.4. The molecule has 0 spiro atoms. The van der Waals surface area contributed by atoms with Gasteiger partial charge in [0.2, 0.25) is 0 Å². The maximum Gasteiger partial charge on any atom is 0.251 e. The molecule has 5 nitrogen and oxygen atoms in total. The topological polar surface area (TPSA) is 56.1 Å². The molecule has 1 N–H and O–H groups in total. The highest BCUT2D eigenvalue weighted by atomic mass is 35.5. The smallest absolute Gasteiger partial charge is 0.251 e. The van der Waals surface area contributed by atoms with Gasteiger partial charge in [0.25, 0.3) is 5.91 Å². The summed E-state index contributed by atoms with van der Waals surface area (Å²) in [4.78, 5) is 17.2. The fraction of sp³-hybridized carbons (Fsp3) is 0.259. The lowest BCUT2D eigenvalue weighted by Crippen LogP contribution is -2.26. The van der Waals surface area contributed by atoms with Crippen LogP contribution in [0.15, 0.2) is 66.7 Å². The molecule has 0 aliphatic heterocycles. The van der Waals surface area contributed by atoms with Crippen LogP contribution in [0.5, 0.6) is 5.75 Å². The number of aromatic nitrogens is 2. The molecule has 4 aromatic rings. The molecule has 0 atom stereocenters. The van der Waals surface area contributed by atoms with Crippen molar-refractivity contribution >= 4 is 28.5 Å². The van der Waals surface area contributed by atoms with Gasteiger partial charge in [0.15, 0.2) is 0 Å². The third-order valence-corrected chi connectivity index (χ3v) is 6.06. The SMILES string of the molecule is Cc1cccc(OCCCn2c(CCNC(=O)c3ccc(Cl)cc3)nc3ccccc32)c1C. The molecule has 6 heteroatoms. The third-order valence-electron chi connectivity index (χ3n) is 5.81. The molecule has 33 heavy (non-hydrogen) atoms. The number of hydrogen-bond acceptors (Lipinski definition) is 3. The normalized spacial score (nSPS) is 11.0. The van der Waals surface area contributed by atoms with E-state index in [1.807, 2.05) is 30.3 Å². The van der Waals surface area contributed by atoms with Gasteiger partial charge in [0, 0.05) is 30.1 Å². The number of hydrogen-bond donors (Lipinski definition) is 1. The predicted octanol–water partition coefficient (Wildman–Crippen LogP) is 5.75. The molecule has 0 saturated heterocycles. The molecular formula is C27H28ClN3O2. The van der Waals surface area contributed by atoms with E-state index in [0.717, 1.165) is 35.6 Å². The largest absolute Gasteiger partial charge is 0.493 e. The first kappa shape index (κ1) is 22.9. The standard InChI is InChI=1S/C27H28ClN3O2/c1-19-7-5-10-25(20(19)2)33-18-6-17-31-24-9-4-3-8-23(24)30-26(31)15-16-29-27(32)21-11-13-22(28)14-12-21/h3-5,7-14H,6,15-18H2,1-2H3,(H,29,32). The molecular weight excluding hydrogens is 434 g/mol. The zero-order valence-electron chi connectivity index (χ0n) is 19.0. The van der Waals surface area contributed by atoms with E-state index < -0.39 is 0 Å². The highest BCUT2D eigenvalue weighted by molar-refractivity contribution is 6.30. The van der Waals surface area contributed by atoms with Crippen LogP contribution in [0.4, 0.5) is 0 Å². The van der Waals surface area contributed by atoms with Crippen molar-refractivity contribution < 1.29 is 9.53 Å². The minimum absolute atomic E-state index is 0.115. The highest BCUT2D eigenvalue weighted by Gasteiger charge is 2.12. The minimum atomic E-state index is -0.115. The number of nitrogens with zero attached hydrogens (tertiary/aromatic N) is 2. The van der Waals surface area contributed by atoms with Crippen LogP contribution in [-0.2, 0) is 13.0 Å². The van der Waals surface area contributed by atoms with Crippen LogP contribution in [-0.4, -0.2) is 28.6 Å². The molecule has 4 rings (SSSR count). The fourth-order valence-electron chi connectivity index (χ4n) is 3.84. The van der Waals surface area contributed by atoms with Gasteiger partial charge in [0.05, 0.1) is 17.6 Å². The van der Waals surface area contributed by atoms with Crippen LogP contribution in [0.2, 0.25) is 5.02 Å². The number of imidazole rings is 1. The van der Waals surface area contributed by atoms with Crippen LogP contribution >= 0.6 is 11.6 Å². The minimum Gasteiger partial charge on any atom is -0.493 e. The number of carbonyl (C=O) groups is 1. The molecule has 0 aliphatic carbocycles. The van der Waals surface area contributed by atoms with Gasteiger partial charge in [-0.2, -0.15) is 0 Å². The van der Waals surface area contributed by atoms with Crippen LogP contribution in [0.1, 0.15) is 33.7 Å². The Morgan fingerprint density at radius 2 is 1.82 bits per heavy atom. The van der Waals surface area contributed by atoms with E-state index in [2.05, 4.69) is 35.9 Å². The van der Waals surface area contributed by atoms with Gasteiger partial charge in [-0.3, -0.25) is 4.79 Å². The Bertz CT molecular complexity index is 1250. The number of benzene rings is 3. The lowest BCUT2D eigenvalue weighted by atomic mass is 10.1. The lowest BCUT2D eigenvalue weighted by Gasteiger charge is -2.13. The number of para-hydroxylation sites is 2. The summed E-state index contributed by atoms with van der Waals surface area (Å²) < 4.78 is 8.27. The second-order valence-corrected chi connectivity index (χ2v) is 8.52. The number of aryl methyl sites for hydroxylation is 2. The third kappa shape index (κ3) is 5.55. The van der Waals surface area contributed by atoms with E-state index in [4.69, 9.17) is 21.3 Å². The average Bonchev–Trinajstić information content (AvgIpc) is 3.17. The van der Waals surface area contributed by atoms with Crippen LogP contribution in [0.3, 0.4) is 0 Å². The van der Waals surface area contributed by atoms with E-state index in [1.54, 1.807) is 24.3 Å². The van der Waals surface area contributed by atoms with Crippen molar-refractivity contribution in [2.75, 3.05) is 13.2 Å². The average molecular weight is 462 g/mol. The first-order chi connectivity index (χ1) is 16.0. The molecule has 0 unspecified atom stereocenters. The van der Waals surface area contributed by atoms with Gasteiger partial charge < -0.3 is 14.6 Å². The lowest BCUT2D eigenvalue weighted by molar-refractivity contribution is 0.0954. The highest BCUT2D eigenvalue weighted by Crippen LogP contribution is 2.21. The first-order valence-electron chi connectivity index (χ1n) is 11.2. The molecule has 0 aliphatic rings. The summed E-state index contributed by atoms with van der Waals surface area (Å²) in [7, 11) is 0. The molecule has 3 aromatic carbocycles. The van der Waals surface area contributed by atoms with Gasteiger partial charge in [0.1, 0.15) is 11.6 Å². The first-order valence-corrected chi connectivity index (χ1v) is 11.6. The molecule has 1 amide bonds. The van der Waals surface area contributed by atoms with Crippen molar-refractivity contribution in [3.8, 4) is 5.75 Å². The van der Waals surface area contributed by atoms with E-state index >= 15 is 0 Å². The Balaban J connectivity index is 1.38. The second-order valence-electron chi connectivity index (χ2n) is 8.08. The van der Waals surface area contributed by atoms with Crippen LogP contribution < -0.4 is 10.1 Å². The Morgan fingerprint density at radius 3 is 2.64 bits per heavy atom. The number of ether oxygens (including phenoxy) is 1. The summed E-state index contributed by atoms with van der Waals surface area (Å²) in [6.45, 7) is 6.11. The number of nitrogens with one attached hydrogen (secondary N) is 1. The molecule has 0 saturated carbocycles. The molecule has 0 fully saturated rings. The quantitative estimate of drug-likeness (QED) is 0.323. The van der Waals surface area contributed by atoms with Crippen molar-refractivity contribution in [3.63, 3.8) is 0 Å². The van der Waals surface area contributed by atoms with Crippen molar-refractivity contribution in [3.05, 3.63) is 94.3 Å². The maximum atomic E-state index is 12.4. The van der Waals surface area contributed by atoms with Crippen molar-refractivity contribution in [2.45, 2.75) is 33.2 Å². The monoisotopic (exact) mass is 461 g/mol. The van der Waals surface area contributed by atoms with Gasteiger partial charge >= 0.3 is 0 Å². The Labute approximate surface area is 199 Å². The summed E-state index contributed by atoms with van der Waals surface area (Å²) in [5.74, 6) is 1.78. The molecule has 1 aromatic heterocycles. The second kappa shape index (κ2) is 10.5. The van der Waals surface area contributed by atoms with E-state index in [-0.39, 0.29) is 5.91 Å². The van der Waals surface area contributed by atoms with Crippen molar-refractivity contribution in [1.82, 2.24) is 14.9 Å². The zero-order valence-corrected chi connectivity index (χ0v) is 19.7. The summed E-state index contributed by atoms with van der Waals surface area (Å²) in [5, 5.41) is 3.59. The van der Waals surface area contributed by atoms with Crippen LogP contribution in [0, 0.1) is 13.8 Å². The Hall–Kier alpha value is -3.31. The Kier molecular flexibility index (Phi) is 7.30. The molecule has 0 radical (unpaired) electrons. The predicted molar refractivity (Wildman–Crippen MR) is 133 cm³/mol. The Morgan fingerprint density at radius 1 is 1.03 bits per heavy atom. The fourth-order valence-corrected chi connectivity index (χ4v) is 3.97. The van der Waals surface area contributed by atoms with E-state index in [0.29, 0.717) is 30.2 Å². The van der Waals surface area contributed by atoms with Gasteiger partial charge in [-0.25, -0.2) is 4.98 Å². The number of carbonyl (C=O) groups excluding carboxylic acids is 1. The number of halogens is 1. The van der Waals surface area contributed by atoms with E-state index in [9.17, 15) is 4.79 Å². The van der Waals surface area contributed by atoms with Crippen molar-refractivity contribution in [1.29, 1.82) is 0 Å². The zero-order chi connectivity index (χ0) is 23.2. The van der Waals surface area contributed by atoms with Crippen molar-refractivity contribution in [2.24, 2.45) is 0 Å². The van der Waals surface area contributed by atoms with Gasteiger partial charge in [-0.05, 0) is 73.9 Å². The van der Waals surface area contributed by atoms with Gasteiger partial charge in [-0.1, -0.05) is 35.9 Å².